The third-order valence-corrected chi connectivity index (χ3v) is 4.59. The average Bonchev–Trinajstić information content (AvgIpc) is 2.94. The summed E-state index contributed by atoms with van der Waals surface area (Å²) in [6, 6.07) is 4.39. The van der Waals surface area contributed by atoms with Gasteiger partial charge in [0.05, 0.1) is 11.3 Å². The molecule has 6 heteroatoms. The number of carboxylic acid groups (broad SMARTS) is 1. The zero-order valence-corrected chi connectivity index (χ0v) is 13.4. The molecule has 5 nitrogen and oxygen atoms in total. The fourth-order valence-corrected chi connectivity index (χ4v) is 3.17. The van der Waals surface area contributed by atoms with E-state index in [-0.39, 0.29) is 17.6 Å². The number of halogens is 1. The second-order valence-electron chi connectivity index (χ2n) is 5.43. The van der Waals surface area contributed by atoms with Gasteiger partial charge in [-0.2, -0.15) is 0 Å². The largest absolute Gasteiger partial charge is 0.478 e. The topological polar surface area (TPSA) is 78.4 Å². The van der Waals surface area contributed by atoms with Gasteiger partial charge in [0.25, 0.3) is 0 Å². The van der Waals surface area contributed by atoms with Gasteiger partial charge < -0.3 is 15.7 Å². The fraction of sp³-hybridized carbons (Fsp3) is 0.467. The zero-order valence-electron chi connectivity index (χ0n) is 11.9. The van der Waals surface area contributed by atoms with Gasteiger partial charge >= 0.3 is 12.0 Å². The van der Waals surface area contributed by atoms with Gasteiger partial charge in [-0.1, -0.05) is 12.8 Å². The maximum Gasteiger partial charge on any atom is 0.335 e. The molecule has 114 valence electrons. The van der Waals surface area contributed by atoms with Gasteiger partial charge in [0, 0.05) is 10.5 Å². The summed E-state index contributed by atoms with van der Waals surface area (Å²) < 4.78 is 0.547. The highest BCUT2D eigenvalue weighted by molar-refractivity contribution is 9.10. The van der Waals surface area contributed by atoms with Crippen LogP contribution >= 0.6 is 15.9 Å². The van der Waals surface area contributed by atoms with Crippen LogP contribution in [0.2, 0.25) is 0 Å². The molecular formula is C15H19BrN2O3. The van der Waals surface area contributed by atoms with Gasteiger partial charge in [0.2, 0.25) is 0 Å². The van der Waals surface area contributed by atoms with Crippen molar-refractivity contribution in [3.63, 3.8) is 0 Å². The molecule has 0 bridgehead atoms. The van der Waals surface area contributed by atoms with E-state index in [0.29, 0.717) is 16.1 Å². The highest BCUT2D eigenvalue weighted by atomic mass is 79.9. The number of carboxylic acids is 1. The Bertz CT molecular complexity index is 542. The number of carbonyl (C=O) groups is 2. The summed E-state index contributed by atoms with van der Waals surface area (Å²) in [5.74, 6) is -0.449. The second kappa shape index (κ2) is 6.93. The third-order valence-electron chi connectivity index (χ3n) is 3.93. The van der Waals surface area contributed by atoms with Gasteiger partial charge in [-0.3, -0.25) is 0 Å². The molecule has 1 aromatic carbocycles. The van der Waals surface area contributed by atoms with Crippen molar-refractivity contribution in [2.75, 3.05) is 5.32 Å². The van der Waals surface area contributed by atoms with E-state index in [1.54, 1.807) is 6.07 Å². The molecule has 1 aromatic rings. The maximum absolute atomic E-state index is 12.0. The minimum absolute atomic E-state index is 0.143. The first-order chi connectivity index (χ1) is 9.97. The number of hydrogen-bond acceptors (Lipinski definition) is 2. The summed E-state index contributed by atoms with van der Waals surface area (Å²) in [6.07, 6.45) is 4.80. The van der Waals surface area contributed by atoms with Crippen LogP contribution in [-0.4, -0.2) is 23.1 Å². The minimum atomic E-state index is -0.999. The van der Waals surface area contributed by atoms with Crippen molar-refractivity contribution in [2.45, 2.75) is 38.6 Å². The molecule has 0 heterocycles. The number of aromatic carboxylic acids is 1. The number of hydrogen-bond donors (Lipinski definition) is 3. The molecule has 0 aromatic heterocycles. The molecule has 0 saturated heterocycles. The lowest BCUT2D eigenvalue weighted by molar-refractivity contribution is 0.0697. The number of rotatable bonds is 4. The molecule has 0 spiro atoms. The molecule has 1 unspecified atom stereocenters. The minimum Gasteiger partial charge on any atom is -0.478 e. The van der Waals surface area contributed by atoms with Gasteiger partial charge in [-0.05, 0) is 59.8 Å². The van der Waals surface area contributed by atoms with Gasteiger partial charge in [-0.15, -0.1) is 0 Å². The number of nitrogens with one attached hydrogen (secondary N) is 2. The van der Waals surface area contributed by atoms with E-state index in [1.807, 2.05) is 6.92 Å². The molecule has 2 amide bonds. The number of urea groups is 1. The van der Waals surface area contributed by atoms with Crippen LogP contribution < -0.4 is 10.6 Å². The Kier molecular flexibility index (Phi) is 5.22. The van der Waals surface area contributed by atoms with Crippen molar-refractivity contribution in [2.24, 2.45) is 5.92 Å². The summed E-state index contributed by atoms with van der Waals surface area (Å²) in [6.45, 7) is 2.03. The quantitative estimate of drug-likeness (QED) is 0.768. The lowest BCUT2D eigenvalue weighted by atomic mass is 10.0. The van der Waals surface area contributed by atoms with Gasteiger partial charge in [0.1, 0.15) is 0 Å². The molecule has 1 fully saturated rings. The third kappa shape index (κ3) is 4.20. The molecular weight excluding hydrogens is 336 g/mol. The Labute approximate surface area is 132 Å². The number of benzene rings is 1. The molecule has 0 radical (unpaired) electrons. The number of carbonyl (C=O) groups excluding carboxylic acids is 1. The summed E-state index contributed by atoms with van der Waals surface area (Å²) >= 11 is 3.27. The molecule has 2 rings (SSSR count). The van der Waals surface area contributed by atoms with Crippen LogP contribution in [0.25, 0.3) is 0 Å². The fourth-order valence-electron chi connectivity index (χ4n) is 2.69. The first-order valence-electron chi connectivity index (χ1n) is 7.07. The van der Waals surface area contributed by atoms with Gasteiger partial charge in [-0.25, -0.2) is 9.59 Å². The first kappa shape index (κ1) is 15.8. The Balaban J connectivity index is 1.94. The molecule has 1 saturated carbocycles. The second-order valence-corrected chi connectivity index (χ2v) is 6.29. The maximum atomic E-state index is 12.0. The Morgan fingerprint density at radius 2 is 2.00 bits per heavy atom. The Morgan fingerprint density at radius 1 is 1.33 bits per heavy atom. The van der Waals surface area contributed by atoms with Crippen molar-refractivity contribution in [1.82, 2.24) is 5.32 Å². The normalized spacial score (nSPS) is 16.5. The SMILES string of the molecule is CC(NC(=O)Nc1ccc(C(=O)O)cc1Br)C1CCCC1. The summed E-state index contributed by atoms with van der Waals surface area (Å²) in [5.41, 5.74) is 0.725. The van der Waals surface area contributed by atoms with E-state index in [2.05, 4.69) is 26.6 Å². The summed E-state index contributed by atoms with van der Waals surface area (Å²) in [5, 5.41) is 14.6. The molecule has 0 aliphatic heterocycles. The predicted octanol–water partition coefficient (Wildman–Crippen LogP) is 3.85. The van der Waals surface area contributed by atoms with E-state index in [1.165, 1.54) is 37.8 Å². The first-order valence-corrected chi connectivity index (χ1v) is 7.87. The Morgan fingerprint density at radius 3 is 2.57 bits per heavy atom. The smallest absolute Gasteiger partial charge is 0.335 e. The van der Waals surface area contributed by atoms with Gasteiger partial charge in [0.15, 0.2) is 0 Å². The number of amides is 2. The van der Waals surface area contributed by atoms with Crippen LogP contribution in [0.4, 0.5) is 10.5 Å². The van der Waals surface area contributed by atoms with E-state index in [0.717, 1.165) is 0 Å². The molecule has 1 aliphatic carbocycles. The van der Waals surface area contributed by atoms with E-state index in [9.17, 15) is 9.59 Å². The summed E-state index contributed by atoms with van der Waals surface area (Å²) in [4.78, 5) is 22.8. The van der Waals surface area contributed by atoms with Crippen molar-refractivity contribution >= 4 is 33.6 Å². The van der Waals surface area contributed by atoms with E-state index < -0.39 is 5.97 Å². The molecule has 3 N–H and O–H groups in total. The molecule has 1 atom stereocenters. The molecule has 1 aliphatic rings. The lowest BCUT2D eigenvalue weighted by Crippen LogP contribution is -2.39. The van der Waals surface area contributed by atoms with Crippen molar-refractivity contribution < 1.29 is 14.7 Å². The van der Waals surface area contributed by atoms with Crippen molar-refractivity contribution in [3.05, 3.63) is 28.2 Å². The van der Waals surface area contributed by atoms with Crippen LogP contribution in [0.15, 0.2) is 22.7 Å². The zero-order chi connectivity index (χ0) is 15.4. The predicted molar refractivity (Wildman–Crippen MR) is 84.7 cm³/mol. The lowest BCUT2D eigenvalue weighted by Gasteiger charge is -2.20. The van der Waals surface area contributed by atoms with Crippen LogP contribution in [0.3, 0.4) is 0 Å². The van der Waals surface area contributed by atoms with Crippen LogP contribution in [0.1, 0.15) is 43.0 Å². The van der Waals surface area contributed by atoms with Crippen molar-refractivity contribution in [3.8, 4) is 0 Å². The Hall–Kier alpha value is -1.56. The monoisotopic (exact) mass is 354 g/mol. The highest BCUT2D eigenvalue weighted by Crippen LogP contribution is 2.28. The van der Waals surface area contributed by atoms with E-state index >= 15 is 0 Å². The van der Waals surface area contributed by atoms with Crippen molar-refractivity contribution in [1.29, 1.82) is 0 Å². The highest BCUT2D eigenvalue weighted by Gasteiger charge is 2.22. The van der Waals surface area contributed by atoms with Crippen LogP contribution in [0, 0.1) is 5.92 Å². The van der Waals surface area contributed by atoms with E-state index in [4.69, 9.17) is 5.11 Å². The molecule has 21 heavy (non-hydrogen) atoms. The number of anilines is 1. The van der Waals surface area contributed by atoms with Crippen LogP contribution in [-0.2, 0) is 0 Å². The van der Waals surface area contributed by atoms with Crippen LogP contribution in [0.5, 0.6) is 0 Å². The standard InChI is InChI=1S/C15H19BrN2O3/c1-9(10-4-2-3-5-10)17-15(21)18-13-7-6-11(14(19)20)8-12(13)16/h6-10H,2-5H2,1H3,(H,19,20)(H2,17,18,21). The summed E-state index contributed by atoms with van der Waals surface area (Å²) in [7, 11) is 0. The average molecular weight is 355 g/mol.